The Morgan fingerprint density at radius 3 is 2.80 bits per heavy atom. The monoisotopic (exact) mass is 223 g/mol. The molecule has 0 radical (unpaired) electrons. The van der Waals surface area contributed by atoms with Crippen LogP contribution in [0.5, 0.6) is 0 Å². The van der Waals surface area contributed by atoms with Crippen LogP contribution < -0.4 is 5.73 Å². The highest BCUT2D eigenvalue weighted by Gasteiger charge is 2.17. The van der Waals surface area contributed by atoms with Gasteiger partial charge in [-0.3, -0.25) is 0 Å². The van der Waals surface area contributed by atoms with Gasteiger partial charge in [0.05, 0.1) is 18.9 Å². The van der Waals surface area contributed by atoms with Crippen molar-refractivity contribution in [1.29, 1.82) is 0 Å². The molecule has 0 spiro atoms. The summed E-state index contributed by atoms with van der Waals surface area (Å²) < 4.78 is 5.32. The van der Waals surface area contributed by atoms with Gasteiger partial charge in [0.1, 0.15) is 0 Å². The number of nitrogens with two attached hydrogens (primary N) is 1. The first-order valence-electron chi connectivity index (χ1n) is 5.31. The minimum atomic E-state index is 0.0303. The van der Waals surface area contributed by atoms with Crippen molar-refractivity contribution in [3.05, 3.63) is 33.2 Å². The van der Waals surface area contributed by atoms with Crippen LogP contribution >= 0.6 is 11.3 Å². The topological polar surface area (TPSA) is 35.2 Å². The van der Waals surface area contributed by atoms with Crippen molar-refractivity contribution in [1.82, 2.24) is 0 Å². The summed E-state index contributed by atoms with van der Waals surface area (Å²) in [5.74, 6) is 0. The van der Waals surface area contributed by atoms with Gasteiger partial charge in [0.25, 0.3) is 0 Å². The Morgan fingerprint density at radius 1 is 1.47 bits per heavy atom. The van der Waals surface area contributed by atoms with Gasteiger partial charge < -0.3 is 10.5 Å². The van der Waals surface area contributed by atoms with Crippen LogP contribution in [0.15, 0.2) is 17.9 Å². The Hall–Kier alpha value is -0.800. The van der Waals surface area contributed by atoms with Gasteiger partial charge in [-0.15, -0.1) is 11.3 Å². The Morgan fingerprint density at radius 2 is 2.27 bits per heavy atom. The molecular weight excluding hydrogens is 206 g/mol. The molecule has 0 saturated heterocycles. The minimum absolute atomic E-state index is 0.0303. The molecular formula is C12H17NOS. The second-order valence-corrected chi connectivity index (χ2v) is 5.32. The molecule has 0 fully saturated rings. The normalized spacial score (nSPS) is 18.2. The molecule has 1 aliphatic rings. The number of hydrogen-bond donors (Lipinski definition) is 1. The number of aryl methyl sites for hydroxylation is 2. The summed E-state index contributed by atoms with van der Waals surface area (Å²) in [5, 5.41) is 0. The first-order chi connectivity index (χ1) is 7.18. The van der Waals surface area contributed by atoms with Crippen molar-refractivity contribution in [2.75, 3.05) is 6.61 Å². The SMILES string of the molecule is Cc1cc(C(N)C2=COCCC2)sc1C. The molecule has 2 N–H and O–H groups in total. The van der Waals surface area contributed by atoms with Crippen LogP contribution in [0.4, 0.5) is 0 Å². The van der Waals surface area contributed by atoms with E-state index in [9.17, 15) is 0 Å². The van der Waals surface area contributed by atoms with E-state index in [1.165, 1.54) is 20.9 Å². The van der Waals surface area contributed by atoms with Crippen molar-refractivity contribution < 1.29 is 4.74 Å². The van der Waals surface area contributed by atoms with Gasteiger partial charge in [-0.25, -0.2) is 0 Å². The average Bonchev–Trinajstić information content (AvgIpc) is 2.59. The minimum Gasteiger partial charge on any atom is -0.501 e. The van der Waals surface area contributed by atoms with Crippen LogP contribution in [0.3, 0.4) is 0 Å². The largest absolute Gasteiger partial charge is 0.501 e. The molecule has 3 heteroatoms. The molecule has 1 aliphatic heterocycles. The fourth-order valence-electron chi connectivity index (χ4n) is 1.75. The van der Waals surface area contributed by atoms with E-state index in [2.05, 4.69) is 19.9 Å². The predicted molar refractivity (Wildman–Crippen MR) is 64.0 cm³/mol. The molecule has 1 aromatic rings. The van der Waals surface area contributed by atoms with Crippen molar-refractivity contribution in [2.45, 2.75) is 32.7 Å². The highest BCUT2D eigenvalue weighted by atomic mass is 32.1. The van der Waals surface area contributed by atoms with Gasteiger partial charge >= 0.3 is 0 Å². The number of ether oxygens (including phenoxy) is 1. The molecule has 82 valence electrons. The fraction of sp³-hybridized carbons (Fsp3) is 0.500. The zero-order valence-electron chi connectivity index (χ0n) is 9.25. The first kappa shape index (κ1) is 10.7. The van der Waals surface area contributed by atoms with Gasteiger partial charge in [0.2, 0.25) is 0 Å². The average molecular weight is 223 g/mol. The molecule has 2 heterocycles. The summed E-state index contributed by atoms with van der Waals surface area (Å²) in [6.45, 7) is 5.11. The van der Waals surface area contributed by atoms with Crippen molar-refractivity contribution in [3.8, 4) is 0 Å². The van der Waals surface area contributed by atoms with E-state index in [-0.39, 0.29) is 6.04 Å². The molecule has 0 aliphatic carbocycles. The summed E-state index contributed by atoms with van der Waals surface area (Å²) in [4.78, 5) is 2.61. The zero-order valence-corrected chi connectivity index (χ0v) is 10.1. The molecule has 2 rings (SSSR count). The van der Waals surface area contributed by atoms with E-state index in [1.807, 2.05) is 6.26 Å². The maximum Gasteiger partial charge on any atom is 0.0876 e. The first-order valence-corrected chi connectivity index (χ1v) is 6.13. The lowest BCUT2D eigenvalue weighted by molar-refractivity contribution is 0.221. The zero-order chi connectivity index (χ0) is 10.8. The van der Waals surface area contributed by atoms with Gasteiger partial charge in [-0.1, -0.05) is 0 Å². The van der Waals surface area contributed by atoms with Crippen LogP contribution in [-0.4, -0.2) is 6.61 Å². The van der Waals surface area contributed by atoms with Gasteiger partial charge in [0.15, 0.2) is 0 Å². The third-order valence-electron chi connectivity index (χ3n) is 2.85. The number of thiophene rings is 1. The standard InChI is InChI=1S/C12H17NOS/c1-8-6-11(15-9(8)2)12(13)10-4-3-5-14-7-10/h6-7,12H,3-5,13H2,1-2H3. The summed E-state index contributed by atoms with van der Waals surface area (Å²) >= 11 is 1.79. The maximum atomic E-state index is 6.21. The lowest BCUT2D eigenvalue weighted by Crippen LogP contribution is -2.15. The summed E-state index contributed by atoms with van der Waals surface area (Å²) in [6.07, 6.45) is 4.00. The van der Waals surface area contributed by atoms with E-state index < -0.39 is 0 Å². The van der Waals surface area contributed by atoms with Crippen LogP contribution in [0.2, 0.25) is 0 Å². The smallest absolute Gasteiger partial charge is 0.0876 e. The highest BCUT2D eigenvalue weighted by Crippen LogP contribution is 2.31. The lowest BCUT2D eigenvalue weighted by atomic mass is 10.0. The molecule has 0 amide bonds. The highest BCUT2D eigenvalue weighted by molar-refractivity contribution is 7.12. The van der Waals surface area contributed by atoms with E-state index in [0.717, 1.165) is 19.4 Å². The van der Waals surface area contributed by atoms with Crippen LogP contribution in [0, 0.1) is 13.8 Å². The Kier molecular flexibility index (Phi) is 3.12. The van der Waals surface area contributed by atoms with E-state index in [4.69, 9.17) is 10.5 Å². The third-order valence-corrected chi connectivity index (χ3v) is 4.09. The lowest BCUT2D eigenvalue weighted by Gasteiger charge is -2.18. The fourth-order valence-corrected chi connectivity index (χ4v) is 2.84. The van der Waals surface area contributed by atoms with Crippen molar-refractivity contribution in [2.24, 2.45) is 5.73 Å². The number of rotatable bonds is 2. The second kappa shape index (κ2) is 4.37. The van der Waals surface area contributed by atoms with Gasteiger partial charge in [0, 0.05) is 9.75 Å². The molecule has 2 nitrogen and oxygen atoms in total. The molecule has 0 aromatic carbocycles. The van der Waals surface area contributed by atoms with Crippen LogP contribution in [0.1, 0.15) is 34.2 Å². The molecule has 1 aromatic heterocycles. The summed E-state index contributed by atoms with van der Waals surface area (Å²) in [7, 11) is 0. The van der Waals surface area contributed by atoms with Crippen LogP contribution in [-0.2, 0) is 4.74 Å². The van der Waals surface area contributed by atoms with Crippen LogP contribution in [0.25, 0.3) is 0 Å². The Balaban J connectivity index is 2.19. The van der Waals surface area contributed by atoms with Gasteiger partial charge in [-0.2, -0.15) is 0 Å². The maximum absolute atomic E-state index is 6.21. The molecule has 1 atom stereocenters. The van der Waals surface area contributed by atoms with E-state index in [0.29, 0.717) is 0 Å². The molecule has 15 heavy (non-hydrogen) atoms. The van der Waals surface area contributed by atoms with E-state index in [1.54, 1.807) is 11.3 Å². The Labute approximate surface area is 94.7 Å². The predicted octanol–water partition coefficient (Wildman–Crippen LogP) is 3.06. The molecule has 0 saturated carbocycles. The summed E-state index contributed by atoms with van der Waals surface area (Å²) in [5.41, 5.74) is 8.77. The molecule has 1 unspecified atom stereocenters. The Bertz CT molecular complexity index is 361. The van der Waals surface area contributed by atoms with E-state index >= 15 is 0 Å². The molecule has 0 bridgehead atoms. The van der Waals surface area contributed by atoms with Crippen molar-refractivity contribution >= 4 is 11.3 Å². The quantitative estimate of drug-likeness (QED) is 0.836. The summed E-state index contributed by atoms with van der Waals surface area (Å²) in [6, 6.07) is 2.22. The number of hydrogen-bond acceptors (Lipinski definition) is 3. The third kappa shape index (κ3) is 2.24. The second-order valence-electron chi connectivity index (χ2n) is 4.03. The van der Waals surface area contributed by atoms with Gasteiger partial charge in [-0.05, 0) is 43.9 Å². The van der Waals surface area contributed by atoms with Crippen molar-refractivity contribution in [3.63, 3.8) is 0 Å².